The van der Waals surface area contributed by atoms with Gasteiger partial charge in [-0.25, -0.2) is 0 Å². The van der Waals surface area contributed by atoms with Crippen LogP contribution in [0.25, 0.3) is 10.8 Å². The molecule has 8 heteroatoms. The highest BCUT2D eigenvalue weighted by Gasteiger charge is 2.79. The minimum Gasteiger partial charge on any atom is -0.466 e. The van der Waals surface area contributed by atoms with Gasteiger partial charge >= 0.3 is 5.97 Å². The zero-order valence-electron chi connectivity index (χ0n) is 21.0. The van der Waals surface area contributed by atoms with Gasteiger partial charge in [0.25, 0.3) is 0 Å². The first-order valence-corrected chi connectivity index (χ1v) is 12.9. The van der Waals surface area contributed by atoms with Gasteiger partial charge in [0.2, 0.25) is 11.8 Å². The molecule has 6 atom stereocenters. The van der Waals surface area contributed by atoms with Crippen LogP contribution in [0.5, 0.6) is 0 Å². The van der Waals surface area contributed by atoms with Gasteiger partial charge in [0.15, 0.2) is 0 Å². The predicted molar refractivity (Wildman–Crippen MR) is 134 cm³/mol. The van der Waals surface area contributed by atoms with E-state index in [1.807, 2.05) is 56.3 Å². The quantitative estimate of drug-likeness (QED) is 0.546. The highest BCUT2D eigenvalue weighted by Crippen LogP contribution is 2.64. The van der Waals surface area contributed by atoms with Crippen LogP contribution in [0.2, 0.25) is 0 Å². The molecule has 2 aromatic rings. The van der Waals surface area contributed by atoms with Gasteiger partial charge in [-0.05, 0) is 55.5 Å². The van der Waals surface area contributed by atoms with E-state index in [4.69, 9.17) is 9.47 Å². The molecule has 3 aliphatic rings. The van der Waals surface area contributed by atoms with Crippen molar-refractivity contribution in [3.8, 4) is 0 Å². The van der Waals surface area contributed by atoms with Crippen molar-refractivity contribution in [3.05, 3.63) is 42.5 Å². The molecule has 0 aromatic heterocycles. The lowest BCUT2D eigenvalue weighted by molar-refractivity contribution is -0.161. The molecule has 36 heavy (non-hydrogen) atoms. The third-order valence-electron chi connectivity index (χ3n) is 8.50. The Morgan fingerprint density at radius 2 is 1.92 bits per heavy atom. The molecule has 0 aliphatic carbocycles. The topological polar surface area (TPSA) is 105 Å². The van der Waals surface area contributed by atoms with Crippen LogP contribution in [0.1, 0.15) is 46.5 Å². The van der Waals surface area contributed by atoms with Gasteiger partial charge < -0.3 is 24.8 Å². The SMILES string of the molecule is CCOC(=O)[C@@H]1[C@H]2C(=O)N([C@@H](CC)CO)C(C(=O)Nc3ccc4ccccc4c3)C23CC[C@@]1(CC)O3. The van der Waals surface area contributed by atoms with Crippen LogP contribution in [0.4, 0.5) is 5.69 Å². The summed E-state index contributed by atoms with van der Waals surface area (Å²) in [5.74, 6) is -2.74. The molecule has 0 radical (unpaired) electrons. The molecule has 5 rings (SSSR count). The number of likely N-dealkylation sites (tertiary alicyclic amines) is 1. The first-order valence-electron chi connectivity index (χ1n) is 12.9. The van der Waals surface area contributed by atoms with E-state index in [0.717, 1.165) is 10.8 Å². The van der Waals surface area contributed by atoms with E-state index >= 15 is 0 Å². The number of nitrogens with zero attached hydrogens (tertiary/aromatic N) is 1. The standard InChI is InChI=1S/C28H34N2O6/c1-4-20(16-31)30-23(24(32)29-19-12-11-17-9-7-8-10-18(17)15-19)28-14-13-27(5-2,36-28)22(21(28)25(30)33)26(34)35-6-3/h7-12,15,20-23,31H,4-6,13-14,16H2,1-3H3,(H,29,32)/t20-,21-,22-,23?,27+,28?/m0/s1. The van der Waals surface area contributed by atoms with Gasteiger partial charge in [0, 0.05) is 5.69 Å². The summed E-state index contributed by atoms with van der Waals surface area (Å²) in [7, 11) is 0. The largest absolute Gasteiger partial charge is 0.466 e. The summed E-state index contributed by atoms with van der Waals surface area (Å²) >= 11 is 0. The molecule has 192 valence electrons. The summed E-state index contributed by atoms with van der Waals surface area (Å²) in [5.41, 5.74) is -1.36. The number of rotatable bonds is 8. The number of ether oxygens (including phenoxy) is 2. The van der Waals surface area contributed by atoms with E-state index < -0.39 is 41.1 Å². The number of carbonyl (C=O) groups is 3. The van der Waals surface area contributed by atoms with Gasteiger partial charge in [0.1, 0.15) is 17.6 Å². The summed E-state index contributed by atoms with van der Waals surface area (Å²) in [6.45, 7) is 5.47. The second-order valence-electron chi connectivity index (χ2n) is 10.1. The van der Waals surface area contributed by atoms with E-state index in [0.29, 0.717) is 31.4 Å². The molecule has 2 unspecified atom stereocenters. The number of hydrogen-bond acceptors (Lipinski definition) is 6. The highest BCUT2D eigenvalue weighted by molar-refractivity contribution is 6.04. The van der Waals surface area contributed by atoms with E-state index in [2.05, 4.69) is 5.32 Å². The van der Waals surface area contributed by atoms with Crippen LogP contribution >= 0.6 is 0 Å². The van der Waals surface area contributed by atoms with Crippen LogP contribution in [0.3, 0.4) is 0 Å². The predicted octanol–water partition coefficient (Wildman–Crippen LogP) is 3.27. The van der Waals surface area contributed by atoms with Crippen LogP contribution in [-0.2, 0) is 23.9 Å². The van der Waals surface area contributed by atoms with Crippen molar-refractivity contribution < 1.29 is 29.0 Å². The van der Waals surface area contributed by atoms with Crippen LogP contribution in [0, 0.1) is 11.8 Å². The summed E-state index contributed by atoms with van der Waals surface area (Å²) in [4.78, 5) is 42.6. The molecule has 3 saturated heterocycles. The zero-order chi connectivity index (χ0) is 25.7. The number of fused-ring (bicyclic) bond motifs is 2. The molecule has 2 bridgehead atoms. The Morgan fingerprint density at radius 1 is 1.17 bits per heavy atom. The minimum atomic E-state index is -1.14. The fourth-order valence-corrected chi connectivity index (χ4v) is 6.83. The Labute approximate surface area is 210 Å². The summed E-state index contributed by atoms with van der Waals surface area (Å²) < 4.78 is 12.1. The second kappa shape index (κ2) is 9.16. The third kappa shape index (κ3) is 3.45. The number of aliphatic hydroxyl groups is 1. The molecular weight excluding hydrogens is 460 g/mol. The smallest absolute Gasteiger partial charge is 0.312 e. The number of aliphatic hydroxyl groups excluding tert-OH is 1. The maximum absolute atomic E-state index is 14.0. The van der Waals surface area contributed by atoms with Crippen molar-refractivity contribution in [3.63, 3.8) is 0 Å². The van der Waals surface area contributed by atoms with Crippen LogP contribution in [0.15, 0.2) is 42.5 Å². The van der Waals surface area contributed by atoms with Crippen molar-refractivity contribution in [1.29, 1.82) is 0 Å². The maximum atomic E-state index is 14.0. The Hall–Kier alpha value is -2.97. The minimum absolute atomic E-state index is 0.201. The summed E-state index contributed by atoms with van der Waals surface area (Å²) in [5, 5.41) is 15.2. The van der Waals surface area contributed by atoms with Gasteiger partial charge in [-0.3, -0.25) is 14.4 Å². The van der Waals surface area contributed by atoms with E-state index in [-0.39, 0.29) is 25.0 Å². The fourth-order valence-electron chi connectivity index (χ4n) is 6.83. The van der Waals surface area contributed by atoms with Crippen molar-refractivity contribution in [2.45, 2.75) is 69.7 Å². The van der Waals surface area contributed by atoms with Gasteiger partial charge in [-0.15, -0.1) is 0 Å². The van der Waals surface area contributed by atoms with E-state index in [1.54, 1.807) is 6.92 Å². The summed E-state index contributed by atoms with van der Waals surface area (Å²) in [6.07, 6.45) is 2.06. The molecule has 3 aliphatic heterocycles. The number of benzene rings is 2. The number of nitrogens with one attached hydrogen (secondary N) is 1. The fraction of sp³-hybridized carbons (Fsp3) is 0.536. The molecule has 3 fully saturated rings. The van der Waals surface area contributed by atoms with E-state index in [9.17, 15) is 19.5 Å². The van der Waals surface area contributed by atoms with Gasteiger partial charge in [0.05, 0.1) is 30.8 Å². The molecule has 1 spiro atoms. The monoisotopic (exact) mass is 494 g/mol. The van der Waals surface area contributed by atoms with Crippen molar-refractivity contribution in [2.24, 2.45) is 11.8 Å². The Balaban J connectivity index is 1.56. The number of esters is 1. The molecule has 0 saturated carbocycles. The molecule has 2 N–H and O–H groups in total. The van der Waals surface area contributed by atoms with Crippen LogP contribution in [-0.4, -0.2) is 64.3 Å². The normalized spacial score (nSPS) is 31.5. The van der Waals surface area contributed by atoms with Gasteiger partial charge in [-0.2, -0.15) is 0 Å². The third-order valence-corrected chi connectivity index (χ3v) is 8.50. The maximum Gasteiger partial charge on any atom is 0.312 e. The number of hydrogen-bond donors (Lipinski definition) is 2. The first kappa shape index (κ1) is 24.7. The van der Waals surface area contributed by atoms with E-state index in [1.165, 1.54) is 4.90 Å². The van der Waals surface area contributed by atoms with Crippen LogP contribution < -0.4 is 5.32 Å². The first-order chi connectivity index (χ1) is 17.4. The van der Waals surface area contributed by atoms with Crippen molar-refractivity contribution in [2.75, 3.05) is 18.5 Å². The number of anilines is 1. The number of amides is 2. The molecular formula is C28H34N2O6. The molecule has 8 nitrogen and oxygen atoms in total. The Bertz CT molecular complexity index is 1200. The van der Waals surface area contributed by atoms with Crippen molar-refractivity contribution >= 4 is 34.2 Å². The van der Waals surface area contributed by atoms with Crippen molar-refractivity contribution in [1.82, 2.24) is 4.90 Å². The Kier molecular flexibility index (Phi) is 6.29. The second-order valence-corrected chi connectivity index (χ2v) is 10.1. The highest BCUT2D eigenvalue weighted by atomic mass is 16.6. The average molecular weight is 495 g/mol. The zero-order valence-corrected chi connectivity index (χ0v) is 21.0. The Morgan fingerprint density at radius 3 is 2.58 bits per heavy atom. The number of carbonyl (C=O) groups excluding carboxylic acids is 3. The summed E-state index contributed by atoms with van der Waals surface area (Å²) in [6, 6.07) is 12.0. The molecule has 3 heterocycles. The molecule has 2 amide bonds. The lowest BCUT2D eigenvalue weighted by atomic mass is 9.65. The lowest BCUT2D eigenvalue weighted by Gasteiger charge is -2.37. The average Bonchev–Trinajstić information content (AvgIpc) is 3.49. The molecule has 2 aromatic carbocycles. The lowest BCUT2D eigenvalue weighted by Crippen LogP contribution is -2.56. The van der Waals surface area contributed by atoms with Gasteiger partial charge in [-0.1, -0.05) is 44.2 Å².